The molecule has 1 rings (SSSR count). The first-order chi connectivity index (χ1) is 8.06. The van der Waals surface area contributed by atoms with Gasteiger partial charge in [-0.3, -0.25) is 14.9 Å². The van der Waals surface area contributed by atoms with Crippen LogP contribution < -0.4 is 5.32 Å². The van der Waals surface area contributed by atoms with Gasteiger partial charge in [0.15, 0.2) is 0 Å². The van der Waals surface area contributed by atoms with Crippen LogP contribution in [-0.4, -0.2) is 17.4 Å². The molecule has 0 aliphatic heterocycles. The average molecular weight is 253 g/mol. The van der Waals surface area contributed by atoms with Gasteiger partial charge in [0.1, 0.15) is 5.56 Å². The number of hydrogen-bond acceptors (Lipinski definition) is 3. The highest BCUT2D eigenvalue weighted by Crippen LogP contribution is 2.22. The fourth-order valence-corrected chi connectivity index (χ4v) is 1.33. The molecule has 0 unspecified atom stereocenters. The summed E-state index contributed by atoms with van der Waals surface area (Å²) in [5, 5.41) is 13.4. The van der Waals surface area contributed by atoms with E-state index in [0.29, 0.717) is 0 Å². The summed E-state index contributed by atoms with van der Waals surface area (Å²) in [6.45, 7) is 1.77. The van der Waals surface area contributed by atoms with Crippen molar-refractivity contribution in [2.45, 2.75) is 6.92 Å². The number of carbonyl (C=O) groups excluding carboxylic acids is 1. The summed E-state index contributed by atoms with van der Waals surface area (Å²) in [6.07, 6.45) is 0. The molecule has 0 bridgehead atoms. The molecule has 0 fully saturated rings. The van der Waals surface area contributed by atoms with Crippen molar-refractivity contribution >= 4 is 23.2 Å². The summed E-state index contributed by atoms with van der Waals surface area (Å²) in [5.74, 6) is 4.66. The summed E-state index contributed by atoms with van der Waals surface area (Å²) in [7, 11) is 0. The van der Waals surface area contributed by atoms with E-state index in [-0.39, 0.29) is 22.8 Å². The van der Waals surface area contributed by atoms with Crippen LogP contribution in [0.1, 0.15) is 17.3 Å². The summed E-state index contributed by atoms with van der Waals surface area (Å²) in [4.78, 5) is 21.7. The number of hydrogen-bond donors (Lipinski definition) is 1. The number of amides is 1. The third kappa shape index (κ3) is 3.47. The van der Waals surface area contributed by atoms with Gasteiger partial charge >= 0.3 is 0 Å². The number of rotatable bonds is 3. The maximum Gasteiger partial charge on any atom is 0.282 e. The largest absolute Gasteiger partial charge is 0.341 e. The highest BCUT2D eigenvalue weighted by atomic mass is 35.5. The summed E-state index contributed by atoms with van der Waals surface area (Å²) in [5.41, 5.74) is -0.350. The molecule has 0 atom stereocenters. The molecule has 1 aromatic rings. The van der Waals surface area contributed by atoms with Crippen molar-refractivity contribution < 1.29 is 9.72 Å². The van der Waals surface area contributed by atoms with E-state index in [4.69, 9.17) is 11.6 Å². The summed E-state index contributed by atoms with van der Waals surface area (Å²) >= 11 is 5.70. The van der Waals surface area contributed by atoms with Crippen LogP contribution in [0.25, 0.3) is 0 Å². The molecule has 17 heavy (non-hydrogen) atoms. The Morgan fingerprint density at radius 3 is 2.88 bits per heavy atom. The molecular weight excluding hydrogens is 244 g/mol. The lowest BCUT2D eigenvalue weighted by Gasteiger charge is -2.03. The maximum absolute atomic E-state index is 11.7. The van der Waals surface area contributed by atoms with Crippen LogP contribution in [0.4, 0.5) is 5.69 Å². The first-order valence-electron chi connectivity index (χ1n) is 4.68. The molecule has 1 amide bonds. The van der Waals surface area contributed by atoms with Crippen molar-refractivity contribution in [1.82, 2.24) is 5.32 Å². The minimum Gasteiger partial charge on any atom is -0.341 e. The Hall–Kier alpha value is -2.06. The van der Waals surface area contributed by atoms with E-state index in [2.05, 4.69) is 17.2 Å². The molecule has 0 aliphatic rings. The van der Waals surface area contributed by atoms with Crippen LogP contribution in [0.5, 0.6) is 0 Å². The second-order valence-electron chi connectivity index (χ2n) is 3.03. The Bertz CT molecular complexity index is 517. The third-order valence-corrected chi connectivity index (χ3v) is 2.15. The van der Waals surface area contributed by atoms with Crippen molar-refractivity contribution in [2.75, 3.05) is 6.54 Å². The van der Waals surface area contributed by atoms with Crippen LogP contribution in [0.15, 0.2) is 18.2 Å². The normalized spacial score (nSPS) is 9.06. The molecule has 0 saturated heterocycles. The Morgan fingerprint density at radius 1 is 1.59 bits per heavy atom. The van der Waals surface area contributed by atoms with Gasteiger partial charge in [-0.15, -0.1) is 5.92 Å². The predicted octanol–water partition coefficient (Wildman–Crippen LogP) is 2.00. The Morgan fingerprint density at radius 2 is 2.29 bits per heavy atom. The topological polar surface area (TPSA) is 72.2 Å². The molecule has 0 aromatic heterocycles. The van der Waals surface area contributed by atoms with Crippen LogP contribution >= 0.6 is 11.6 Å². The fourth-order valence-electron chi connectivity index (χ4n) is 1.16. The molecule has 0 aliphatic carbocycles. The Kier molecular flexibility index (Phi) is 4.49. The molecule has 0 heterocycles. The van der Waals surface area contributed by atoms with Gasteiger partial charge in [-0.25, -0.2) is 0 Å². The average Bonchev–Trinajstić information content (AvgIpc) is 2.28. The first-order valence-corrected chi connectivity index (χ1v) is 5.05. The zero-order chi connectivity index (χ0) is 12.8. The summed E-state index contributed by atoms with van der Waals surface area (Å²) < 4.78 is 0. The molecule has 5 nitrogen and oxygen atoms in total. The van der Waals surface area contributed by atoms with Crippen molar-refractivity contribution in [3.8, 4) is 11.8 Å². The molecular formula is C11H9ClN2O3. The standard InChI is InChI=1S/C11H9ClN2O3/c1-2-3-6-13-11(15)9-7-8(12)4-5-10(9)14(16)17/h4-5,7H,6H2,1H3,(H,13,15). The highest BCUT2D eigenvalue weighted by Gasteiger charge is 2.19. The van der Waals surface area contributed by atoms with Crippen LogP contribution in [0, 0.1) is 22.0 Å². The monoisotopic (exact) mass is 252 g/mol. The predicted molar refractivity (Wildman–Crippen MR) is 63.9 cm³/mol. The molecule has 0 spiro atoms. The van der Waals surface area contributed by atoms with E-state index in [0.717, 1.165) is 0 Å². The van der Waals surface area contributed by atoms with E-state index < -0.39 is 10.8 Å². The van der Waals surface area contributed by atoms with Crippen LogP contribution in [0.3, 0.4) is 0 Å². The van der Waals surface area contributed by atoms with Gasteiger partial charge in [0.2, 0.25) is 0 Å². The lowest BCUT2D eigenvalue weighted by Crippen LogP contribution is -2.24. The molecule has 1 aromatic carbocycles. The van der Waals surface area contributed by atoms with E-state index in [9.17, 15) is 14.9 Å². The molecule has 6 heteroatoms. The quantitative estimate of drug-likeness (QED) is 0.508. The number of nitrogens with one attached hydrogen (secondary N) is 1. The first kappa shape index (κ1) is 13.0. The Labute approximate surface area is 103 Å². The second kappa shape index (κ2) is 5.87. The van der Waals surface area contributed by atoms with E-state index in [1.54, 1.807) is 6.92 Å². The van der Waals surface area contributed by atoms with Crippen molar-refractivity contribution in [2.24, 2.45) is 0 Å². The van der Waals surface area contributed by atoms with Crippen LogP contribution in [0.2, 0.25) is 5.02 Å². The smallest absolute Gasteiger partial charge is 0.282 e. The second-order valence-corrected chi connectivity index (χ2v) is 3.46. The fraction of sp³-hybridized carbons (Fsp3) is 0.182. The molecule has 0 saturated carbocycles. The van der Waals surface area contributed by atoms with Crippen molar-refractivity contribution in [3.05, 3.63) is 38.9 Å². The van der Waals surface area contributed by atoms with Gasteiger partial charge in [0.05, 0.1) is 11.5 Å². The van der Waals surface area contributed by atoms with E-state index in [1.165, 1.54) is 18.2 Å². The van der Waals surface area contributed by atoms with E-state index >= 15 is 0 Å². The van der Waals surface area contributed by atoms with Crippen LogP contribution in [-0.2, 0) is 0 Å². The number of nitro groups is 1. The lowest BCUT2D eigenvalue weighted by molar-refractivity contribution is -0.385. The number of nitrogens with zero attached hydrogens (tertiary/aromatic N) is 1. The highest BCUT2D eigenvalue weighted by molar-refractivity contribution is 6.31. The summed E-state index contributed by atoms with van der Waals surface area (Å²) in [6, 6.07) is 3.82. The van der Waals surface area contributed by atoms with Gasteiger partial charge in [-0.1, -0.05) is 17.5 Å². The van der Waals surface area contributed by atoms with Gasteiger partial charge in [0, 0.05) is 11.1 Å². The number of benzene rings is 1. The molecule has 0 radical (unpaired) electrons. The van der Waals surface area contributed by atoms with E-state index in [1.807, 2.05) is 0 Å². The zero-order valence-corrected chi connectivity index (χ0v) is 9.75. The van der Waals surface area contributed by atoms with Gasteiger partial charge in [-0.2, -0.15) is 0 Å². The molecule has 1 N–H and O–H groups in total. The zero-order valence-electron chi connectivity index (χ0n) is 8.99. The van der Waals surface area contributed by atoms with Crippen molar-refractivity contribution in [1.29, 1.82) is 0 Å². The number of carbonyl (C=O) groups is 1. The minimum absolute atomic E-state index is 0.0691. The van der Waals surface area contributed by atoms with Gasteiger partial charge in [0.25, 0.3) is 11.6 Å². The number of halogens is 1. The Balaban J connectivity index is 3.01. The molecule has 88 valence electrons. The third-order valence-electron chi connectivity index (χ3n) is 1.91. The van der Waals surface area contributed by atoms with Gasteiger partial charge < -0.3 is 5.32 Å². The maximum atomic E-state index is 11.7. The van der Waals surface area contributed by atoms with Gasteiger partial charge in [-0.05, 0) is 19.1 Å². The minimum atomic E-state index is -0.628. The SMILES string of the molecule is CC#CCNC(=O)c1cc(Cl)ccc1[N+](=O)[O-]. The lowest BCUT2D eigenvalue weighted by atomic mass is 10.1. The van der Waals surface area contributed by atoms with Crippen molar-refractivity contribution in [3.63, 3.8) is 0 Å². The number of nitro benzene ring substituents is 1.